The average molecular weight is 320 g/mol. The second-order valence-electron chi connectivity index (χ2n) is 5.76. The zero-order valence-electron chi connectivity index (χ0n) is 14.9. The molecular weight excluding hydrogens is 296 g/mol. The molecule has 1 heterocycles. The minimum atomic E-state index is 0.439. The fourth-order valence-corrected chi connectivity index (χ4v) is 2.72. The normalized spacial score (nSPS) is 12.3. The maximum Gasteiger partial charge on any atom is 0.0955 e. The SMILES string of the molecule is C=C(C=c1c(=CC)ncn1C)N(C)c1ccc(CC#N)cc1CC. The van der Waals surface area contributed by atoms with E-state index in [9.17, 15) is 0 Å². The number of allylic oxidation sites excluding steroid dienone is 1. The molecule has 4 heteroatoms. The Morgan fingerprint density at radius 1 is 1.46 bits per heavy atom. The number of aromatic nitrogens is 2. The molecule has 0 radical (unpaired) electrons. The molecule has 0 atom stereocenters. The van der Waals surface area contributed by atoms with Gasteiger partial charge in [-0.15, -0.1) is 0 Å². The first-order valence-electron chi connectivity index (χ1n) is 8.08. The van der Waals surface area contributed by atoms with Crippen LogP contribution in [0.2, 0.25) is 0 Å². The van der Waals surface area contributed by atoms with Crippen molar-refractivity contribution in [1.29, 1.82) is 5.26 Å². The van der Waals surface area contributed by atoms with Gasteiger partial charge in [-0.2, -0.15) is 5.26 Å². The standard InChI is InChI=1S/C20H24N4/c1-6-17-13-16(10-11-21)8-9-19(17)24(5)15(3)12-20-18(7-2)22-14-23(20)4/h7-9,12-14H,3,6,10H2,1-2,4-5H3. The molecule has 0 spiro atoms. The average Bonchev–Trinajstić information content (AvgIpc) is 2.94. The molecule has 0 bridgehead atoms. The first kappa shape index (κ1) is 17.6. The number of anilines is 1. The molecule has 0 saturated heterocycles. The van der Waals surface area contributed by atoms with E-state index in [-0.39, 0.29) is 0 Å². The van der Waals surface area contributed by atoms with Gasteiger partial charge in [-0.3, -0.25) is 0 Å². The molecule has 0 N–H and O–H groups in total. The topological polar surface area (TPSA) is 44.9 Å². The highest BCUT2D eigenvalue weighted by Crippen LogP contribution is 2.24. The summed E-state index contributed by atoms with van der Waals surface area (Å²) in [6, 6.07) is 8.39. The molecule has 0 aliphatic rings. The van der Waals surface area contributed by atoms with Crippen molar-refractivity contribution in [3.05, 3.63) is 58.6 Å². The molecule has 4 nitrogen and oxygen atoms in total. The van der Waals surface area contributed by atoms with Gasteiger partial charge >= 0.3 is 0 Å². The smallest absolute Gasteiger partial charge is 0.0955 e. The van der Waals surface area contributed by atoms with Gasteiger partial charge in [0, 0.05) is 25.5 Å². The summed E-state index contributed by atoms with van der Waals surface area (Å²) in [4.78, 5) is 6.46. The lowest BCUT2D eigenvalue weighted by Crippen LogP contribution is -2.30. The van der Waals surface area contributed by atoms with Crippen molar-refractivity contribution in [2.75, 3.05) is 11.9 Å². The highest BCUT2D eigenvalue weighted by molar-refractivity contribution is 5.64. The van der Waals surface area contributed by atoms with Gasteiger partial charge in [0.1, 0.15) is 0 Å². The fraction of sp³-hybridized carbons (Fsp3) is 0.300. The highest BCUT2D eigenvalue weighted by atomic mass is 15.1. The van der Waals surface area contributed by atoms with E-state index in [4.69, 9.17) is 5.26 Å². The van der Waals surface area contributed by atoms with Crippen molar-refractivity contribution in [1.82, 2.24) is 9.55 Å². The van der Waals surface area contributed by atoms with E-state index in [1.165, 1.54) is 5.56 Å². The Hall–Kier alpha value is -2.80. The lowest BCUT2D eigenvalue weighted by Gasteiger charge is -2.23. The summed E-state index contributed by atoms with van der Waals surface area (Å²) >= 11 is 0. The maximum atomic E-state index is 8.88. The molecule has 2 rings (SSSR count). The predicted molar refractivity (Wildman–Crippen MR) is 99.7 cm³/mol. The van der Waals surface area contributed by atoms with Crippen LogP contribution in [0, 0.1) is 11.3 Å². The number of aryl methyl sites for hydroxylation is 2. The predicted octanol–water partition coefficient (Wildman–Crippen LogP) is 2.28. The molecule has 0 aliphatic carbocycles. The minimum Gasteiger partial charge on any atom is -0.345 e. The first-order valence-corrected chi connectivity index (χ1v) is 8.08. The van der Waals surface area contributed by atoms with Crippen LogP contribution >= 0.6 is 0 Å². The second kappa shape index (κ2) is 7.65. The molecular formula is C20H24N4. The van der Waals surface area contributed by atoms with Crippen LogP contribution < -0.4 is 15.6 Å². The molecule has 124 valence electrons. The monoisotopic (exact) mass is 320 g/mol. The largest absolute Gasteiger partial charge is 0.345 e. The van der Waals surface area contributed by atoms with Gasteiger partial charge in [0.25, 0.3) is 0 Å². The maximum absolute atomic E-state index is 8.88. The molecule has 0 amide bonds. The van der Waals surface area contributed by atoms with Crippen molar-refractivity contribution in [3.8, 4) is 6.07 Å². The first-order chi connectivity index (χ1) is 11.5. The van der Waals surface area contributed by atoms with Crippen molar-refractivity contribution in [3.63, 3.8) is 0 Å². The van der Waals surface area contributed by atoms with Crippen LogP contribution in [0.4, 0.5) is 5.69 Å². The zero-order chi connectivity index (χ0) is 17.7. The highest BCUT2D eigenvalue weighted by Gasteiger charge is 2.09. The molecule has 0 fully saturated rings. The zero-order valence-corrected chi connectivity index (χ0v) is 14.9. The van der Waals surface area contributed by atoms with Crippen molar-refractivity contribution < 1.29 is 0 Å². The third-order valence-corrected chi connectivity index (χ3v) is 4.19. The molecule has 0 unspecified atom stereocenters. The summed E-state index contributed by atoms with van der Waals surface area (Å²) in [7, 11) is 4.00. The van der Waals surface area contributed by atoms with Gasteiger partial charge < -0.3 is 9.47 Å². The van der Waals surface area contributed by atoms with E-state index in [1.54, 1.807) is 0 Å². The Morgan fingerprint density at radius 3 is 2.83 bits per heavy atom. The molecule has 1 aromatic heterocycles. The van der Waals surface area contributed by atoms with Gasteiger partial charge in [-0.1, -0.05) is 31.7 Å². The summed E-state index contributed by atoms with van der Waals surface area (Å²) in [5, 5.41) is 10.9. The number of imidazole rings is 1. The third kappa shape index (κ3) is 3.57. The minimum absolute atomic E-state index is 0.439. The van der Waals surface area contributed by atoms with Crippen LogP contribution in [0.3, 0.4) is 0 Å². The van der Waals surface area contributed by atoms with Crippen molar-refractivity contribution >= 4 is 17.8 Å². The van der Waals surface area contributed by atoms with Gasteiger partial charge in [-0.25, -0.2) is 4.98 Å². The molecule has 1 aromatic carbocycles. The number of benzene rings is 1. The Morgan fingerprint density at radius 2 is 2.21 bits per heavy atom. The van der Waals surface area contributed by atoms with Gasteiger partial charge in [0.2, 0.25) is 0 Å². The Balaban J connectivity index is 2.42. The van der Waals surface area contributed by atoms with Gasteiger partial charge in [-0.05, 0) is 36.6 Å². The summed E-state index contributed by atoms with van der Waals surface area (Å²) in [5.74, 6) is 0. The van der Waals surface area contributed by atoms with E-state index in [2.05, 4.69) is 41.6 Å². The Kier molecular flexibility index (Phi) is 5.59. The number of nitrogens with zero attached hydrogens (tertiary/aromatic N) is 4. The van der Waals surface area contributed by atoms with Crippen LogP contribution in [0.5, 0.6) is 0 Å². The quantitative estimate of drug-likeness (QED) is 0.849. The van der Waals surface area contributed by atoms with E-state index in [0.717, 1.165) is 34.1 Å². The molecule has 24 heavy (non-hydrogen) atoms. The second-order valence-corrected chi connectivity index (χ2v) is 5.76. The van der Waals surface area contributed by atoms with Crippen LogP contribution in [-0.4, -0.2) is 16.6 Å². The summed E-state index contributed by atoms with van der Waals surface area (Å²) in [5.41, 5.74) is 4.27. The fourth-order valence-electron chi connectivity index (χ4n) is 2.72. The third-order valence-electron chi connectivity index (χ3n) is 4.19. The number of nitriles is 1. The Bertz CT molecular complexity index is 897. The number of rotatable bonds is 5. The van der Waals surface area contributed by atoms with E-state index in [0.29, 0.717) is 6.42 Å². The molecule has 0 saturated carbocycles. The molecule has 0 aliphatic heterocycles. The lowest BCUT2D eigenvalue weighted by atomic mass is 10.0. The van der Waals surface area contributed by atoms with E-state index < -0.39 is 0 Å². The van der Waals surface area contributed by atoms with Crippen LogP contribution in [-0.2, 0) is 19.9 Å². The Labute approximate surface area is 143 Å². The number of hydrogen-bond acceptors (Lipinski definition) is 3. The molecule has 2 aromatic rings. The van der Waals surface area contributed by atoms with Gasteiger partial charge in [0.05, 0.1) is 29.5 Å². The summed E-state index contributed by atoms with van der Waals surface area (Å²) in [6.45, 7) is 8.33. The van der Waals surface area contributed by atoms with Crippen LogP contribution in [0.1, 0.15) is 25.0 Å². The van der Waals surface area contributed by atoms with Gasteiger partial charge in [0.15, 0.2) is 0 Å². The van der Waals surface area contributed by atoms with E-state index >= 15 is 0 Å². The number of hydrogen-bond donors (Lipinski definition) is 0. The lowest BCUT2D eigenvalue weighted by molar-refractivity contribution is 0.879. The van der Waals surface area contributed by atoms with Crippen LogP contribution in [0.25, 0.3) is 12.2 Å². The van der Waals surface area contributed by atoms with Crippen LogP contribution in [0.15, 0.2) is 36.8 Å². The summed E-state index contributed by atoms with van der Waals surface area (Å²) in [6.07, 6.45) is 7.20. The van der Waals surface area contributed by atoms with Crippen molar-refractivity contribution in [2.24, 2.45) is 7.05 Å². The summed E-state index contributed by atoms with van der Waals surface area (Å²) < 4.78 is 1.99. The van der Waals surface area contributed by atoms with E-state index in [1.807, 2.05) is 50.1 Å². The van der Waals surface area contributed by atoms with Crippen molar-refractivity contribution in [2.45, 2.75) is 26.7 Å².